The lowest BCUT2D eigenvalue weighted by Crippen LogP contribution is -3.14. The van der Waals surface area contributed by atoms with Crippen LogP contribution in [0, 0.1) is 0 Å². The van der Waals surface area contributed by atoms with Gasteiger partial charge in [0.1, 0.15) is 18.9 Å². The summed E-state index contributed by atoms with van der Waals surface area (Å²) in [5.74, 6) is 0.771. The minimum atomic E-state index is -0.192. The summed E-state index contributed by atoms with van der Waals surface area (Å²) in [5, 5.41) is 3.69. The molecule has 7 heteroatoms. The zero-order valence-electron chi connectivity index (χ0n) is 17.0. The number of halogens is 1. The van der Waals surface area contributed by atoms with Crippen LogP contribution in [0.1, 0.15) is 6.92 Å². The predicted octanol–water partition coefficient (Wildman–Crippen LogP) is 2.10. The molecule has 0 bridgehead atoms. The molecule has 1 aliphatic heterocycles. The molecular weight excluding hydrogens is 390 g/mol. The number of anilines is 2. The van der Waals surface area contributed by atoms with E-state index in [1.807, 2.05) is 50.4 Å². The summed E-state index contributed by atoms with van der Waals surface area (Å²) >= 11 is 5.88. The fourth-order valence-corrected chi connectivity index (χ4v) is 3.25. The number of quaternary nitrogens is 1. The van der Waals surface area contributed by atoms with E-state index in [-0.39, 0.29) is 11.9 Å². The first-order valence-corrected chi connectivity index (χ1v) is 10.3. The number of likely N-dealkylation sites (N-methyl/N-ethyl adjacent to an activating group) is 1. The van der Waals surface area contributed by atoms with Crippen molar-refractivity contribution in [2.24, 2.45) is 0 Å². The van der Waals surface area contributed by atoms with Crippen LogP contribution in [0.4, 0.5) is 11.4 Å². The fraction of sp³-hybridized carbons (Fsp3) is 0.409. The molecule has 3 rings (SSSR count). The summed E-state index contributed by atoms with van der Waals surface area (Å²) in [4.78, 5) is 16.0. The molecule has 1 fully saturated rings. The van der Waals surface area contributed by atoms with Crippen molar-refractivity contribution in [1.82, 2.24) is 0 Å². The number of ether oxygens (including phenoxy) is 2. The van der Waals surface area contributed by atoms with E-state index in [1.165, 1.54) is 0 Å². The Morgan fingerprint density at radius 3 is 2.48 bits per heavy atom. The lowest BCUT2D eigenvalue weighted by Gasteiger charge is -2.29. The lowest BCUT2D eigenvalue weighted by molar-refractivity contribution is -0.894. The average Bonchev–Trinajstić information content (AvgIpc) is 2.75. The normalized spacial score (nSPS) is 16.2. The minimum Gasteiger partial charge on any atom is -0.488 e. The monoisotopic (exact) mass is 418 g/mol. The zero-order valence-corrected chi connectivity index (χ0v) is 17.7. The second-order valence-electron chi connectivity index (χ2n) is 7.26. The Balaban J connectivity index is 1.44. The summed E-state index contributed by atoms with van der Waals surface area (Å²) in [7, 11) is 2.00. The van der Waals surface area contributed by atoms with Crippen LogP contribution >= 0.6 is 11.6 Å². The first-order chi connectivity index (χ1) is 14.0. The molecule has 0 saturated carbocycles. The van der Waals surface area contributed by atoms with Gasteiger partial charge in [0.2, 0.25) is 0 Å². The van der Waals surface area contributed by atoms with Crippen molar-refractivity contribution in [3.8, 4) is 5.75 Å². The molecule has 29 heavy (non-hydrogen) atoms. The van der Waals surface area contributed by atoms with E-state index < -0.39 is 0 Å². The third-order valence-corrected chi connectivity index (χ3v) is 5.47. The van der Waals surface area contributed by atoms with Gasteiger partial charge in [-0.2, -0.15) is 0 Å². The maximum atomic E-state index is 12.6. The van der Waals surface area contributed by atoms with Crippen molar-refractivity contribution in [3.63, 3.8) is 0 Å². The molecule has 1 heterocycles. The molecular formula is C22H29ClN3O3+. The maximum absolute atomic E-state index is 12.6. The van der Waals surface area contributed by atoms with E-state index >= 15 is 0 Å². The van der Waals surface area contributed by atoms with Gasteiger partial charge in [0.05, 0.1) is 20.3 Å². The van der Waals surface area contributed by atoms with E-state index in [9.17, 15) is 4.79 Å². The third-order valence-electron chi connectivity index (χ3n) is 5.22. The SMILES string of the molecule is C[C@@H](C(=O)Nc1ccc(N2CCOCC2)cc1)[NH+](C)CCOc1ccc(Cl)cc1. The van der Waals surface area contributed by atoms with Crippen molar-refractivity contribution in [3.05, 3.63) is 53.6 Å². The van der Waals surface area contributed by atoms with Crippen LogP contribution < -0.4 is 19.9 Å². The molecule has 0 aromatic heterocycles. The van der Waals surface area contributed by atoms with Crippen LogP contribution in [0.25, 0.3) is 0 Å². The Kier molecular flexibility index (Phi) is 7.75. The zero-order chi connectivity index (χ0) is 20.6. The Bertz CT molecular complexity index is 777. The lowest BCUT2D eigenvalue weighted by atomic mass is 10.2. The number of rotatable bonds is 8. The van der Waals surface area contributed by atoms with Crippen molar-refractivity contribution >= 4 is 28.9 Å². The molecule has 0 aliphatic carbocycles. The van der Waals surface area contributed by atoms with Crippen LogP contribution in [-0.4, -0.2) is 58.5 Å². The molecule has 1 aliphatic rings. The van der Waals surface area contributed by atoms with Crippen LogP contribution in [0.2, 0.25) is 5.02 Å². The summed E-state index contributed by atoms with van der Waals surface area (Å²) < 4.78 is 11.1. The molecule has 0 radical (unpaired) electrons. The van der Waals surface area contributed by atoms with Crippen LogP contribution in [0.3, 0.4) is 0 Å². The highest BCUT2D eigenvalue weighted by atomic mass is 35.5. The summed E-state index contributed by atoms with van der Waals surface area (Å²) in [6.45, 7) is 6.48. The van der Waals surface area contributed by atoms with Crippen molar-refractivity contribution in [2.45, 2.75) is 13.0 Å². The summed E-state index contributed by atoms with van der Waals surface area (Å²) in [6.07, 6.45) is 0. The number of amides is 1. The number of nitrogens with zero attached hydrogens (tertiary/aromatic N) is 1. The number of hydrogen-bond acceptors (Lipinski definition) is 4. The highest BCUT2D eigenvalue weighted by Crippen LogP contribution is 2.19. The van der Waals surface area contributed by atoms with Crippen LogP contribution in [-0.2, 0) is 9.53 Å². The Morgan fingerprint density at radius 1 is 1.17 bits per heavy atom. The van der Waals surface area contributed by atoms with Gasteiger partial charge in [-0.1, -0.05) is 11.6 Å². The molecule has 1 amide bonds. The van der Waals surface area contributed by atoms with Gasteiger partial charge in [0.25, 0.3) is 5.91 Å². The van der Waals surface area contributed by atoms with Gasteiger partial charge in [-0.25, -0.2) is 0 Å². The second-order valence-corrected chi connectivity index (χ2v) is 7.69. The molecule has 2 atom stereocenters. The number of carbonyl (C=O) groups is 1. The standard InChI is InChI=1S/C22H28ClN3O3/c1-17(25(2)11-16-29-21-9-3-18(23)4-10-21)22(27)24-19-5-7-20(8-6-19)26-12-14-28-15-13-26/h3-10,17H,11-16H2,1-2H3,(H,24,27)/p+1/t17-/m0/s1. The maximum Gasteiger partial charge on any atom is 0.282 e. The number of carbonyl (C=O) groups excluding carboxylic acids is 1. The number of benzene rings is 2. The Hall–Kier alpha value is -2.28. The second kappa shape index (κ2) is 10.5. The Labute approximate surface area is 177 Å². The van der Waals surface area contributed by atoms with Gasteiger partial charge < -0.3 is 24.6 Å². The first-order valence-electron chi connectivity index (χ1n) is 9.97. The van der Waals surface area contributed by atoms with E-state index in [2.05, 4.69) is 10.2 Å². The highest BCUT2D eigenvalue weighted by Gasteiger charge is 2.22. The first kappa shape index (κ1) is 21.4. The molecule has 0 spiro atoms. The van der Waals surface area contributed by atoms with E-state index in [1.54, 1.807) is 12.1 Å². The molecule has 2 aromatic carbocycles. The molecule has 156 valence electrons. The smallest absolute Gasteiger partial charge is 0.282 e. The highest BCUT2D eigenvalue weighted by molar-refractivity contribution is 6.30. The van der Waals surface area contributed by atoms with Crippen molar-refractivity contribution in [2.75, 3.05) is 56.7 Å². The third kappa shape index (κ3) is 6.35. The number of hydrogen-bond donors (Lipinski definition) is 2. The quantitative estimate of drug-likeness (QED) is 0.689. The molecule has 2 N–H and O–H groups in total. The number of morpholine rings is 1. The van der Waals surface area contributed by atoms with Gasteiger partial charge >= 0.3 is 0 Å². The topological polar surface area (TPSA) is 55.2 Å². The van der Waals surface area contributed by atoms with Gasteiger partial charge in [-0.15, -0.1) is 0 Å². The van der Waals surface area contributed by atoms with Gasteiger partial charge in [-0.3, -0.25) is 4.79 Å². The van der Waals surface area contributed by atoms with E-state index in [4.69, 9.17) is 21.1 Å². The predicted molar refractivity (Wildman–Crippen MR) is 116 cm³/mol. The van der Waals surface area contributed by atoms with Gasteiger partial charge in [-0.05, 0) is 55.5 Å². The summed E-state index contributed by atoms with van der Waals surface area (Å²) in [5.41, 5.74) is 1.96. The van der Waals surface area contributed by atoms with Gasteiger partial charge in [0.15, 0.2) is 6.04 Å². The van der Waals surface area contributed by atoms with Crippen LogP contribution in [0.15, 0.2) is 48.5 Å². The van der Waals surface area contributed by atoms with Gasteiger partial charge in [0, 0.05) is 29.5 Å². The molecule has 1 saturated heterocycles. The largest absolute Gasteiger partial charge is 0.488 e. The number of nitrogens with one attached hydrogen (secondary N) is 2. The van der Waals surface area contributed by atoms with Crippen molar-refractivity contribution in [1.29, 1.82) is 0 Å². The fourth-order valence-electron chi connectivity index (χ4n) is 3.13. The van der Waals surface area contributed by atoms with E-state index in [0.29, 0.717) is 18.2 Å². The van der Waals surface area contributed by atoms with Crippen molar-refractivity contribution < 1.29 is 19.2 Å². The summed E-state index contributed by atoms with van der Waals surface area (Å²) in [6, 6.07) is 15.1. The molecule has 6 nitrogen and oxygen atoms in total. The minimum absolute atomic E-state index is 0.00637. The molecule has 1 unspecified atom stereocenters. The molecule has 2 aromatic rings. The van der Waals surface area contributed by atoms with Crippen LogP contribution in [0.5, 0.6) is 5.75 Å². The van der Waals surface area contributed by atoms with E-state index in [0.717, 1.165) is 48.3 Å². The average molecular weight is 419 g/mol. The Morgan fingerprint density at radius 2 is 1.83 bits per heavy atom.